The highest BCUT2D eigenvalue weighted by molar-refractivity contribution is 7.99. The number of ether oxygens (including phenoxy) is 3. The first-order valence-electron chi connectivity index (χ1n) is 35.5. The molecule has 0 bridgehead atoms. The molecular weight excluding hydrogens is 1590 g/mol. The lowest BCUT2D eigenvalue weighted by molar-refractivity contribution is -0.325. The molecule has 0 saturated carbocycles. The molecule has 0 spiro atoms. The van der Waals surface area contributed by atoms with Gasteiger partial charge in [-0.05, 0) is 162 Å². The van der Waals surface area contributed by atoms with Crippen LogP contribution >= 0.6 is 11.8 Å². The Morgan fingerprint density at radius 1 is 0.308 bits per heavy atom. The normalized spacial score (nSPS) is 20.7. The van der Waals surface area contributed by atoms with Crippen LogP contribution in [0.2, 0.25) is 0 Å². The van der Waals surface area contributed by atoms with E-state index >= 15 is 0 Å². The SMILES string of the molecule is CCN(CC)CC.CCN(CC)CC.CCN(CC)CC.CCN(CC)CC.CCN(CC)CC.CCN(CC)CC.CCN(CC)CC.Nc1ccc(S[C@@H]2O[C@H](COS(=O)(=O)O)[C@@H](O[C@@H]3O[C@H](COS(=O)(=O)O)[C@@H](OS(=O)(=O)O)[C@H](OS(=O)(=O)O)[C@H]3OS(=O)(=O)O)[C@H](OS(=O)(=O)O)[C@H]2OS(=O)(=O)O)cc1. The Labute approximate surface area is 646 Å². The number of thioether (sulfide) groups is 1. The Morgan fingerprint density at radius 3 is 0.748 bits per heavy atom. The molecule has 2 aliphatic rings. The predicted molar refractivity (Wildman–Crippen MR) is 410 cm³/mol. The molecule has 646 valence electrons. The fourth-order valence-electron chi connectivity index (χ4n) is 9.47. The molecule has 2 aliphatic heterocycles. The van der Waals surface area contributed by atoms with E-state index in [1.807, 2.05) is 0 Å². The number of benzene rings is 1. The number of hydrogen-bond acceptors (Lipinski definition) is 33. The Morgan fingerprint density at radius 2 is 0.523 bits per heavy atom. The number of rotatable bonds is 41. The van der Waals surface area contributed by atoms with Gasteiger partial charge in [0.25, 0.3) is 0 Å². The molecule has 9 N–H and O–H groups in total. The molecule has 2 heterocycles. The fourth-order valence-corrected chi connectivity index (χ4v) is 13.7. The van der Waals surface area contributed by atoms with Crippen molar-refractivity contribution in [2.75, 3.05) is 156 Å². The summed E-state index contributed by atoms with van der Waals surface area (Å²) in [6.07, 6.45) is -26.5. The minimum atomic E-state index is -6.11. The van der Waals surface area contributed by atoms with Crippen LogP contribution in [0.15, 0.2) is 29.2 Å². The topological polar surface area (TPSA) is 522 Å². The van der Waals surface area contributed by atoms with E-state index in [1.165, 1.54) is 162 Å². The van der Waals surface area contributed by atoms with Gasteiger partial charge in [0.1, 0.15) is 48.2 Å². The largest absolute Gasteiger partial charge is 0.399 e. The third kappa shape index (κ3) is 59.4. The molecule has 0 amide bonds. The van der Waals surface area contributed by atoms with Crippen LogP contribution in [0.25, 0.3) is 0 Å². The zero-order valence-corrected chi connectivity index (χ0v) is 72.8. The molecule has 1 aromatic carbocycles. The summed E-state index contributed by atoms with van der Waals surface area (Å²) in [6.45, 7) is 67.4. The van der Waals surface area contributed by atoms with Gasteiger partial charge in [0.05, 0.1) is 13.2 Å². The van der Waals surface area contributed by atoms with Crippen molar-refractivity contribution in [1.29, 1.82) is 0 Å². The van der Waals surface area contributed by atoms with Gasteiger partial charge in [-0.25, -0.2) is 29.3 Å². The van der Waals surface area contributed by atoms with Gasteiger partial charge in [-0.2, -0.15) is 58.9 Å². The first-order valence-corrected chi connectivity index (χ1v) is 45.9. The maximum Gasteiger partial charge on any atom is 0.397 e. The summed E-state index contributed by atoms with van der Waals surface area (Å²) < 4.78 is 277. The highest BCUT2D eigenvalue weighted by atomic mass is 32.3. The minimum Gasteiger partial charge on any atom is -0.399 e. The zero-order chi connectivity index (χ0) is 84.3. The summed E-state index contributed by atoms with van der Waals surface area (Å²) in [5.41, 5.74) is 3.61. The zero-order valence-electron chi connectivity index (χ0n) is 66.2. The average Bonchev–Trinajstić information content (AvgIpc) is 0.759. The molecule has 3 rings (SSSR count). The van der Waals surface area contributed by atoms with Crippen LogP contribution in [0, 0.1) is 0 Å². The second-order valence-electron chi connectivity index (χ2n) is 22.1. The van der Waals surface area contributed by atoms with Crippen LogP contribution < -0.4 is 5.73 Å². The first-order chi connectivity index (χ1) is 49.4. The number of nitrogens with two attached hydrogens (primary N) is 1. The molecule has 10 atom stereocenters. The molecule has 39 nitrogen and oxygen atoms in total. The lowest BCUT2D eigenvalue weighted by atomic mass is 9.97. The van der Waals surface area contributed by atoms with Crippen molar-refractivity contribution in [3.05, 3.63) is 24.3 Å². The van der Waals surface area contributed by atoms with Crippen molar-refractivity contribution < 1.29 is 134 Å². The number of nitrogens with zero attached hydrogens (tertiary/aromatic N) is 7. The molecule has 1 aromatic rings. The summed E-state index contributed by atoms with van der Waals surface area (Å²) in [4.78, 5) is 16.6. The van der Waals surface area contributed by atoms with E-state index in [1.54, 1.807) is 0 Å². The lowest BCUT2D eigenvalue weighted by Gasteiger charge is -2.48. The average molecular weight is 1720 g/mol. The Hall–Kier alpha value is -1.94. The van der Waals surface area contributed by atoms with Gasteiger partial charge in [0, 0.05) is 10.6 Å². The Balaban J connectivity index is -0.000000559. The van der Waals surface area contributed by atoms with E-state index in [4.69, 9.17) is 24.5 Å². The van der Waals surface area contributed by atoms with Gasteiger partial charge < -0.3 is 54.2 Å². The van der Waals surface area contributed by atoms with Gasteiger partial charge in [-0.3, -0.25) is 31.9 Å². The van der Waals surface area contributed by atoms with Crippen LogP contribution in [0.1, 0.15) is 145 Å². The number of nitrogen functional groups attached to an aromatic ring is 1. The maximum absolute atomic E-state index is 12.1. The van der Waals surface area contributed by atoms with Gasteiger partial charge in [-0.15, -0.1) is 0 Å². The molecule has 0 unspecified atom stereocenters. The summed E-state index contributed by atoms with van der Waals surface area (Å²) in [6, 6.07) is 4.90. The smallest absolute Gasteiger partial charge is 0.397 e. The predicted octanol–water partition coefficient (Wildman–Crippen LogP) is 5.21. The third-order valence-electron chi connectivity index (χ3n) is 15.9. The fraction of sp³-hybridized carbons (Fsp3) is 0.900. The monoisotopic (exact) mass is 1720 g/mol. The lowest BCUT2D eigenvalue weighted by Crippen LogP contribution is -2.66. The van der Waals surface area contributed by atoms with Crippen LogP contribution in [0.3, 0.4) is 0 Å². The molecule has 0 radical (unpaired) electrons. The van der Waals surface area contributed by atoms with Crippen molar-refractivity contribution in [2.45, 2.75) is 211 Å². The van der Waals surface area contributed by atoms with E-state index in [9.17, 15) is 86.2 Å². The second kappa shape index (κ2) is 60.6. The van der Waals surface area contributed by atoms with E-state index < -0.39 is 147 Å². The highest BCUT2D eigenvalue weighted by Gasteiger charge is 2.59. The molecule has 47 heteroatoms. The first kappa shape index (κ1) is 114. The van der Waals surface area contributed by atoms with E-state index in [-0.39, 0.29) is 10.6 Å². The number of anilines is 1. The molecule has 2 saturated heterocycles. The van der Waals surface area contributed by atoms with Gasteiger partial charge >= 0.3 is 72.8 Å². The second-order valence-corrected chi connectivity index (χ2v) is 30.7. The van der Waals surface area contributed by atoms with Crippen molar-refractivity contribution in [3.63, 3.8) is 0 Å². The van der Waals surface area contributed by atoms with Crippen LogP contribution in [-0.2, 0) is 116 Å². The van der Waals surface area contributed by atoms with Crippen molar-refractivity contribution in [1.82, 2.24) is 34.3 Å². The summed E-state index contributed by atoms with van der Waals surface area (Å²) in [7, 11) is -41.3. The Bertz CT molecular complexity index is 3040. The Kier molecular flexibility index (Phi) is 64.3. The molecule has 2 fully saturated rings. The van der Waals surface area contributed by atoms with Crippen molar-refractivity contribution >= 4 is 90.2 Å². The van der Waals surface area contributed by atoms with E-state index in [0.717, 1.165) is 0 Å². The molecule has 0 aromatic heterocycles. The molecule has 107 heavy (non-hydrogen) atoms. The summed E-state index contributed by atoms with van der Waals surface area (Å²) in [5, 5.41) is 0. The van der Waals surface area contributed by atoms with E-state index in [2.05, 4.69) is 209 Å². The molecule has 0 aliphatic carbocycles. The maximum atomic E-state index is 12.1. The third-order valence-corrected chi connectivity index (χ3v) is 20.3. The van der Waals surface area contributed by atoms with E-state index in [0.29, 0.717) is 11.8 Å². The van der Waals surface area contributed by atoms with Crippen LogP contribution in [0.4, 0.5) is 5.69 Å². The van der Waals surface area contributed by atoms with Crippen LogP contribution in [0.5, 0.6) is 0 Å². The van der Waals surface area contributed by atoms with Crippen molar-refractivity contribution in [2.24, 2.45) is 0 Å². The minimum absolute atomic E-state index is 0.0107. The standard InChI is InChI=1S/C18H27NO31S8.7C6H15N/c19-7-1-3-8(4-2-7)51-18-16(50-58(38,39)40)13(47-55(29,30)31)11(9(44-18)5-41-52(20,21)22)45-17-15(49-57(35,36)37)14(48-56(32,33)34)12(46-54(26,27)28)10(43-17)6-42-53(23,24)25;7*1-4-7(5-2)6-3/h1-4,9-18H,5-6,19H2,(H,20,21,22)(H,23,24,25)(H,26,27,28)(H,29,30,31)(H,32,33,34)(H,35,36,37)(H,38,39,40);7*4-6H2,1-3H3/t9-,10-,11-,12-,13+,14+,15-,16-,17+,18+;;;;;;;/m1......./s1. The van der Waals surface area contributed by atoms with Crippen molar-refractivity contribution in [3.8, 4) is 0 Å². The highest BCUT2D eigenvalue weighted by Crippen LogP contribution is 2.41. The summed E-state index contributed by atoms with van der Waals surface area (Å²) >= 11 is 0.332. The summed E-state index contributed by atoms with van der Waals surface area (Å²) in [5.74, 6) is 0. The van der Waals surface area contributed by atoms with Gasteiger partial charge in [0.2, 0.25) is 0 Å². The number of hydrogen-bond donors (Lipinski definition) is 8. The van der Waals surface area contributed by atoms with Gasteiger partial charge in [0.15, 0.2) is 12.4 Å². The van der Waals surface area contributed by atoms with Crippen LogP contribution in [-0.4, -0.2) is 336 Å². The van der Waals surface area contributed by atoms with Gasteiger partial charge in [-0.1, -0.05) is 157 Å². The molecular formula is C60H132N8O31S8. The quantitative estimate of drug-likeness (QED) is 0.0308.